The van der Waals surface area contributed by atoms with Gasteiger partial charge in [-0.1, -0.05) is 0 Å². The molecule has 1 aromatic rings. The van der Waals surface area contributed by atoms with E-state index in [9.17, 15) is 13.2 Å². The van der Waals surface area contributed by atoms with Crippen LogP contribution in [0.1, 0.15) is 17.7 Å². The molecule has 0 aliphatic carbocycles. The standard InChI is InChI=1S/C7H4BrClF3N/c8-4-2-13-6(7(11)12)5(10)3(4)1-9/h2,7H,1H2. The van der Waals surface area contributed by atoms with E-state index in [-0.39, 0.29) is 11.4 Å². The topological polar surface area (TPSA) is 12.9 Å². The lowest BCUT2D eigenvalue weighted by atomic mass is 10.2. The van der Waals surface area contributed by atoms with Gasteiger partial charge in [0.25, 0.3) is 6.43 Å². The third-order valence-electron chi connectivity index (χ3n) is 1.44. The predicted octanol–water partition coefficient (Wildman–Crippen LogP) is 3.66. The molecule has 0 atom stereocenters. The van der Waals surface area contributed by atoms with Gasteiger partial charge in [0.1, 0.15) is 5.69 Å². The van der Waals surface area contributed by atoms with Gasteiger partial charge in [-0.2, -0.15) is 0 Å². The zero-order valence-corrected chi connectivity index (χ0v) is 8.54. The van der Waals surface area contributed by atoms with Crippen molar-refractivity contribution in [3.8, 4) is 0 Å². The number of hydrogen-bond acceptors (Lipinski definition) is 1. The molecule has 0 fully saturated rings. The summed E-state index contributed by atoms with van der Waals surface area (Å²) >= 11 is 8.33. The Morgan fingerprint density at radius 1 is 1.54 bits per heavy atom. The molecule has 1 heterocycles. The molecule has 0 amide bonds. The first-order chi connectivity index (χ1) is 6.07. The van der Waals surface area contributed by atoms with E-state index in [1.807, 2.05) is 0 Å². The van der Waals surface area contributed by atoms with Gasteiger partial charge >= 0.3 is 0 Å². The van der Waals surface area contributed by atoms with Gasteiger partial charge in [-0.15, -0.1) is 11.6 Å². The van der Waals surface area contributed by atoms with Gasteiger partial charge in [0.15, 0.2) is 5.82 Å². The number of nitrogens with zero attached hydrogens (tertiary/aromatic N) is 1. The summed E-state index contributed by atoms with van der Waals surface area (Å²) in [6.07, 6.45) is -1.81. The zero-order chi connectivity index (χ0) is 10.0. The fourth-order valence-electron chi connectivity index (χ4n) is 0.795. The van der Waals surface area contributed by atoms with Crippen molar-refractivity contribution in [2.24, 2.45) is 0 Å². The van der Waals surface area contributed by atoms with Gasteiger partial charge in [-0.25, -0.2) is 13.2 Å². The Morgan fingerprint density at radius 2 is 2.15 bits per heavy atom. The third-order valence-corrected chi connectivity index (χ3v) is 2.39. The molecular weight excluding hydrogens is 270 g/mol. The van der Waals surface area contributed by atoms with Crippen LogP contribution in [0.2, 0.25) is 0 Å². The Kier molecular flexibility index (Phi) is 3.55. The van der Waals surface area contributed by atoms with Crippen LogP contribution in [0, 0.1) is 5.82 Å². The number of hydrogen-bond donors (Lipinski definition) is 0. The molecule has 0 spiro atoms. The molecule has 1 nitrogen and oxygen atoms in total. The van der Waals surface area contributed by atoms with E-state index in [2.05, 4.69) is 20.9 Å². The Hall–Kier alpha value is -0.290. The Balaban J connectivity index is 3.27. The predicted molar refractivity (Wildman–Crippen MR) is 46.4 cm³/mol. The van der Waals surface area contributed by atoms with E-state index in [1.54, 1.807) is 0 Å². The molecule has 0 radical (unpaired) electrons. The second kappa shape index (κ2) is 4.28. The normalized spacial score (nSPS) is 10.9. The largest absolute Gasteiger partial charge is 0.283 e. The lowest BCUT2D eigenvalue weighted by molar-refractivity contribution is 0.140. The lowest BCUT2D eigenvalue weighted by Crippen LogP contribution is -2.00. The Bertz CT molecular complexity index is 319. The second-order valence-corrected chi connectivity index (χ2v) is 3.34. The van der Waals surface area contributed by atoms with Crippen molar-refractivity contribution < 1.29 is 13.2 Å². The molecule has 1 rings (SSSR count). The molecule has 0 N–H and O–H groups in total. The zero-order valence-electron chi connectivity index (χ0n) is 6.20. The van der Waals surface area contributed by atoms with Crippen molar-refractivity contribution in [1.82, 2.24) is 4.98 Å². The monoisotopic (exact) mass is 273 g/mol. The molecule has 0 bridgehead atoms. The summed E-state index contributed by atoms with van der Waals surface area (Å²) in [5.74, 6) is -1.21. The fourth-order valence-corrected chi connectivity index (χ4v) is 1.63. The van der Waals surface area contributed by atoms with Crippen LogP contribution in [0.15, 0.2) is 10.7 Å². The average molecular weight is 274 g/mol. The molecule has 0 aliphatic rings. The number of pyridine rings is 1. The highest BCUT2D eigenvalue weighted by Crippen LogP contribution is 2.27. The summed E-state index contributed by atoms with van der Waals surface area (Å²) < 4.78 is 37.7. The van der Waals surface area contributed by atoms with Crippen LogP contribution in [0.5, 0.6) is 0 Å². The van der Waals surface area contributed by atoms with Crippen LogP contribution in [0.4, 0.5) is 13.2 Å². The van der Waals surface area contributed by atoms with Gasteiger partial charge < -0.3 is 0 Å². The molecule has 0 saturated heterocycles. The number of halogens is 5. The highest BCUT2D eigenvalue weighted by atomic mass is 79.9. The first-order valence-corrected chi connectivity index (χ1v) is 4.57. The quantitative estimate of drug-likeness (QED) is 0.750. The van der Waals surface area contributed by atoms with E-state index < -0.39 is 17.9 Å². The van der Waals surface area contributed by atoms with Gasteiger partial charge in [0.2, 0.25) is 0 Å². The average Bonchev–Trinajstić information content (AvgIpc) is 2.04. The molecule has 6 heteroatoms. The van der Waals surface area contributed by atoms with Gasteiger partial charge in [-0.05, 0) is 15.9 Å². The minimum Gasteiger partial charge on any atom is -0.251 e. The van der Waals surface area contributed by atoms with Crippen LogP contribution in [-0.4, -0.2) is 4.98 Å². The third kappa shape index (κ3) is 2.14. The van der Waals surface area contributed by atoms with Crippen LogP contribution in [0.3, 0.4) is 0 Å². The van der Waals surface area contributed by atoms with E-state index >= 15 is 0 Å². The molecule has 0 aliphatic heterocycles. The van der Waals surface area contributed by atoms with E-state index in [0.29, 0.717) is 4.47 Å². The van der Waals surface area contributed by atoms with Crippen molar-refractivity contribution >= 4 is 27.5 Å². The number of alkyl halides is 3. The van der Waals surface area contributed by atoms with E-state index in [0.717, 1.165) is 6.20 Å². The summed E-state index contributed by atoms with van der Waals surface area (Å²) in [5.41, 5.74) is -0.856. The summed E-state index contributed by atoms with van der Waals surface area (Å²) in [6, 6.07) is 0. The molecule has 0 aromatic carbocycles. The highest BCUT2D eigenvalue weighted by Gasteiger charge is 2.19. The maximum absolute atomic E-state index is 13.1. The minimum absolute atomic E-state index is 0.00645. The Morgan fingerprint density at radius 3 is 2.62 bits per heavy atom. The summed E-state index contributed by atoms with van der Waals surface area (Å²) in [4.78, 5) is 3.26. The van der Waals surface area contributed by atoms with Crippen LogP contribution in [-0.2, 0) is 5.88 Å². The van der Waals surface area contributed by atoms with Crippen molar-refractivity contribution in [3.63, 3.8) is 0 Å². The summed E-state index contributed by atoms with van der Waals surface area (Å²) in [6.45, 7) is 0. The second-order valence-electron chi connectivity index (χ2n) is 2.22. The van der Waals surface area contributed by atoms with Gasteiger partial charge in [-0.3, -0.25) is 4.98 Å². The molecule has 0 unspecified atom stereocenters. The minimum atomic E-state index is -2.92. The Labute approximate surface area is 86.0 Å². The van der Waals surface area contributed by atoms with E-state index in [4.69, 9.17) is 11.6 Å². The molecule has 72 valence electrons. The maximum Gasteiger partial charge on any atom is 0.283 e. The van der Waals surface area contributed by atoms with E-state index in [1.165, 1.54) is 0 Å². The van der Waals surface area contributed by atoms with Gasteiger partial charge in [0, 0.05) is 16.2 Å². The van der Waals surface area contributed by atoms with Crippen LogP contribution >= 0.6 is 27.5 Å². The van der Waals surface area contributed by atoms with Crippen LogP contribution in [0.25, 0.3) is 0 Å². The van der Waals surface area contributed by atoms with Crippen molar-refractivity contribution in [2.45, 2.75) is 12.3 Å². The molecule has 13 heavy (non-hydrogen) atoms. The molecule has 1 aromatic heterocycles. The molecule has 0 saturated carbocycles. The fraction of sp³-hybridized carbons (Fsp3) is 0.286. The van der Waals surface area contributed by atoms with Crippen molar-refractivity contribution in [3.05, 3.63) is 27.7 Å². The van der Waals surface area contributed by atoms with Crippen LogP contribution < -0.4 is 0 Å². The van der Waals surface area contributed by atoms with Crippen molar-refractivity contribution in [1.29, 1.82) is 0 Å². The maximum atomic E-state index is 13.1. The smallest absolute Gasteiger partial charge is 0.251 e. The first kappa shape index (κ1) is 10.8. The number of rotatable bonds is 2. The van der Waals surface area contributed by atoms with Crippen molar-refractivity contribution in [2.75, 3.05) is 0 Å². The SMILES string of the molecule is Fc1c(C(F)F)ncc(Br)c1CCl. The first-order valence-electron chi connectivity index (χ1n) is 3.24. The van der Waals surface area contributed by atoms with Gasteiger partial charge in [0.05, 0.1) is 5.88 Å². The summed E-state index contributed by atoms with van der Waals surface area (Å²) in [7, 11) is 0. The lowest BCUT2D eigenvalue weighted by Gasteiger charge is -2.05. The molecular formula is C7H4BrClF3N. The number of aromatic nitrogens is 1. The summed E-state index contributed by atoms with van der Waals surface area (Å²) in [5, 5.41) is 0. The highest BCUT2D eigenvalue weighted by molar-refractivity contribution is 9.10.